The van der Waals surface area contributed by atoms with Gasteiger partial charge in [-0.1, -0.05) is 30.3 Å². The second kappa shape index (κ2) is 3.77. The van der Waals surface area contributed by atoms with E-state index in [-0.39, 0.29) is 0 Å². The molecule has 78 valence electrons. The van der Waals surface area contributed by atoms with Gasteiger partial charge >= 0.3 is 0 Å². The molecule has 2 rings (SSSR count). The van der Waals surface area contributed by atoms with Gasteiger partial charge in [-0.15, -0.1) is 0 Å². The fraction of sp³-hybridized carbons (Fsp3) is 0.250. The molecule has 0 spiro atoms. The van der Waals surface area contributed by atoms with Gasteiger partial charge in [-0.25, -0.2) is 4.98 Å². The monoisotopic (exact) mass is 201 g/mol. The number of anilines is 1. The number of nitrogens with zero attached hydrogens (tertiary/aromatic N) is 2. The van der Waals surface area contributed by atoms with Crippen molar-refractivity contribution in [1.29, 1.82) is 0 Å². The Hall–Kier alpha value is -1.77. The lowest BCUT2D eigenvalue weighted by Crippen LogP contribution is -2.07. The van der Waals surface area contributed by atoms with Gasteiger partial charge in [-0.2, -0.15) is 0 Å². The average molecular weight is 201 g/mol. The van der Waals surface area contributed by atoms with Crippen LogP contribution >= 0.6 is 0 Å². The van der Waals surface area contributed by atoms with Crippen LogP contribution in [0.25, 0.3) is 11.3 Å². The van der Waals surface area contributed by atoms with Gasteiger partial charge in [0.05, 0.1) is 11.9 Å². The summed E-state index contributed by atoms with van der Waals surface area (Å²) in [6, 6.07) is 10.5. The number of aromatic nitrogens is 2. The summed E-state index contributed by atoms with van der Waals surface area (Å²) in [5.74, 6) is 0.573. The first-order valence-electron chi connectivity index (χ1n) is 5.08. The van der Waals surface area contributed by atoms with E-state index in [0.717, 1.165) is 11.3 Å². The molecule has 0 atom stereocenters. The van der Waals surface area contributed by atoms with Gasteiger partial charge in [0.2, 0.25) is 5.95 Å². The lowest BCUT2D eigenvalue weighted by atomic mass is 10.1. The van der Waals surface area contributed by atoms with E-state index >= 15 is 0 Å². The Morgan fingerprint density at radius 1 is 1.20 bits per heavy atom. The molecule has 0 radical (unpaired) electrons. The molecule has 0 aliphatic rings. The van der Waals surface area contributed by atoms with Crippen LogP contribution in [0.3, 0.4) is 0 Å². The molecule has 0 bridgehead atoms. The third-order valence-corrected chi connectivity index (χ3v) is 2.41. The number of rotatable bonds is 2. The zero-order chi connectivity index (χ0) is 10.8. The van der Waals surface area contributed by atoms with Crippen LogP contribution in [-0.2, 0) is 0 Å². The Morgan fingerprint density at radius 2 is 1.87 bits per heavy atom. The van der Waals surface area contributed by atoms with Crippen molar-refractivity contribution in [2.75, 3.05) is 5.73 Å². The van der Waals surface area contributed by atoms with Crippen molar-refractivity contribution in [3.63, 3.8) is 0 Å². The maximum atomic E-state index is 5.83. The van der Waals surface area contributed by atoms with Gasteiger partial charge in [-0.05, 0) is 19.4 Å². The van der Waals surface area contributed by atoms with Crippen molar-refractivity contribution < 1.29 is 0 Å². The average Bonchev–Trinajstić information content (AvgIpc) is 2.61. The van der Waals surface area contributed by atoms with E-state index in [0.29, 0.717) is 12.0 Å². The van der Waals surface area contributed by atoms with Gasteiger partial charge in [0.1, 0.15) is 0 Å². The topological polar surface area (TPSA) is 43.8 Å². The molecule has 3 heteroatoms. The normalized spacial score (nSPS) is 10.9. The van der Waals surface area contributed by atoms with Gasteiger partial charge in [0.25, 0.3) is 0 Å². The molecule has 0 amide bonds. The van der Waals surface area contributed by atoms with Gasteiger partial charge < -0.3 is 10.3 Å². The predicted octanol–water partition coefficient (Wildman–Crippen LogP) is 2.71. The fourth-order valence-corrected chi connectivity index (χ4v) is 1.74. The summed E-state index contributed by atoms with van der Waals surface area (Å²) in [7, 11) is 0. The second-order valence-electron chi connectivity index (χ2n) is 3.83. The molecule has 2 N–H and O–H groups in total. The van der Waals surface area contributed by atoms with Gasteiger partial charge in [-0.3, -0.25) is 0 Å². The van der Waals surface area contributed by atoms with Crippen molar-refractivity contribution in [3.05, 3.63) is 36.5 Å². The molecule has 1 aromatic carbocycles. The van der Waals surface area contributed by atoms with Crippen molar-refractivity contribution in [3.8, 4) is 11.3 Å². The summed E-state index contributed by atoms with van der Waals surface area (Å²) in [5.41, 5.74) is 8.05. The van der Waals surface area contributed by atoms with Crippen LogP contribution in [0.1, 0.15) is 19.9 Å². The van der Waals surface area contributed by atoms with E-state index in [1.807, 2.05) is 29.0 Å². The number of hydrogen-bond donors (Lipinski definition) is 1. The molecule has 0 unspecified atom stereocenters. The van der Waals surface area contributed by atoms with Gasteiger partial charge in [0, 0.05) is 6.04 Å². The molecule has 3 nitrogen and oxygen atoms in total. The molecule has 15 heavy (non-hydrogen) atoms. The lowest BCUT2D eigenvalue weighted by molar-refractivity contribution is 0.614. The highest BCUT2D eigenvalue weighted by atomic mass is 15.2. The highest BCUT2D eigenvalue weighted by Gasteiger charge is 2.11. The van der Waals surface area contributed by atoms with E-state index in [1.165, 1.54) is 0 Å². The summed E-state index contributed by atoms with van der Waals surface area (Å²) >= 11 is 0. The van der Waals surface area contributed by atoms with E-state index in [1.54, 1.807) is 0 Å². The Kier molecular flexibility index (Phi) is 2.46. The highest BCUT2D eigenvalue weighted by molar-refractivity contribution is 5.61. The van der Waals surface area contributed by atoms with E-state index in [2.05, 4.69) is 31.0 Å². The largest absolute Gasteiger partial charge is 0.369 e. The SMILES string of the molecule is CC(C)n1c(-c2ccccc2)cnc1N. The molecule has 0 aliphatic heterocycles. The predicted molar refractivity (Wildman–Crippen MR) is 62.5 cm³/mol. The molecular formula is C12H15N3. The molecule has 1 aromatic heterocycles. The Bertz CT molecular complexity index is 443. The van der Waals surface area contributed by atoms with E-state index < -0.39 is 0 Å². The van der Waals surface area contributed by atoms with Crippen molar-refractivity contribution >= 4 is 5.95 Å². The molecule has 2 aromatic rings. The number of benzene rings is 1. The molecule has 0 saturated heterocycles. The minimum atomic E-state index is 0.322. The maximum Gasteiger partial charge on any atom is 0.200 e. The van der Waals surface area contributed by atoms with Crippen molar-refractivity contribution in [2.45, 2.75) is 19.9 Å². The smallest absolute Gasteiger partial charge is 0.200 e. The first-order valence-corrected chi connectivity index (χ1v) is 5.08. The molecular weight excluding hydrogens is 186 g/mol. The molecule has 0 fully saturated rings. The second-order valence-corrected chi connectivity index (χ2v) is 3.83. The van der Waals surface area contributed by atoms with E-state index in [4.69, 9.17) is 5.73 Å². The van der Waals surface area contributed by atoms with Crippen LogP contribution < -0.4 is 5.73 Å². The Balaban J connectivity index is 2.54. The summed E-state index contributed by atoms with van der Waals surface area (Å²) in [5, 5.41) is 0. The lowest BCUT2D eigenvalue weighted by Gasteiger charge is -2.13. The van der Waals surface area contributed by atoms with Crippen LogP contribution in [0.5, 0.6) is 0 Å². The van der Waals surface area contributed by atoms with Crippen LogP contribution in [0, 0.1) is 0 Å². The van der Waals surface area contributed by atoms with Crippen LogP contribution in [-0.4, -0.2) is 9.55 Å². The Labute approximate surface area is 89.6 Å². The van der Waals surface area contributed by atoms with Crippen molar-refractivity contribution in [1.82, 2.24) is 9.55 Å². The third kappa shape index (κ3) is 1.73. The number of nitrogen functional groups attached to an aromatic ring is 1. The standard InChI is InChI=1S/C12H15N3/c1-9(2)15-11(8-14-12(15)13)10-6-4-3-5-7-10/h3-9H,1-2H3,(H2,13,14). The van der Waals surface area contributed by atoms with Crippen molar-refractivity contribution in [2.24, 2.45) is 0 Å². The van der Waals surface area contributed by atoms with Crippen LogP contribution in [0.4, 0.5) is 5.95 Å². The third-order valence-electron chi connectivity index (χ3n) is 2.41. The molecule has 0 aliphatic carbocycles. The first-order chi connectivity index (χ1) is 7.20. The summed E-state index contributed by atoms with van der Waals surface area (Å²) < 4.78 is 2.04. The highest BCUT2D eigenvalue weighted by Crippen LogP contribution is 2.25. The van der Waals surface area contributed by atoms with E-state index in [9.17, 15) is 0 Å². The minimum Gasteiger partial charge on any atom is -0.369 e. The Morgan fingerprint density at radius 3 is 2.47 bits per heavy atom. The number of nitrogens with two attached hydrogens (primary N) is 1. The summed E-state index contributed by atoms with van der Waals surface area (Å²) in [6.07, 6.45) is 1.82. The zero-order valence-electron chi connectivity index (χ0n) is 9.01. The number of imidazole rings is 1. The summed E-state index contributed by atoms with van der Waals surface area (Å²) in [6.45, 7) is 4.20. The van der Waals surface area contributed by atoms with Crippen LogP contribution in [0.15, 0.2) is 36.5 Å². The fourth-order valence-electron chi connectivity index (χ4n) is 1.74. The van der Waals surface area contributed by atoms with Gasteiger partial charge in [0.15, 0.2) is 0 Å². The quantitative estimate of drug-likeness (QED) is 0.811. The molecule has 1 heterocycles. The maximum absolute atomic E-state index is 5.83. The first kappa shape index (κ1) is 9.77. The zero-order valence-corrected chi connectivity index (χ0v) is 9.01. The molecule has 0 saturated carbocycles. The minimum absolute atomic E-state index is 0.322. The summed E-state index contributed by atoms with van der Waals surface area (Å²) in [4.78, 5) is 4.15. The van der Waals surface area contributed by atoms with Crippen LogP contribution in [0.2, 0.25) is 0 Å². The number of hydrogen-bond acceptors (Lipinski definition) is 2.